The number of benzene rings is 1. The van der Waals surface area contributed by atoms with Gasteiger partial charge in [-0.15, -0.1) is 24.0 Å². The van der Waals surface area contributed by atoms with E-state index in [0.29, 0.717) is 25.7 Å². The van der Waals surface area contributed by atoms with Crippen molar-refractivity contribution in [1.29, 1.82) is 0 Å². The molecule has 2 rings (SSSR count). The molecule has 9 heteroatoms. The van der Waals surface area contributed by atoms with E-state index in [1.165, 1.54) is 0 Å². The fraction of sp³-hybridized carbons (Fsp3) is 0.579. The number of likely N-dealkylation sites (N-methyl/N-ethyl adjacent to an activating group) is 1. The molecule has 28 heavy (non-hydrogen) atoms. The zero-order valence-corrected chi connectivity index (χ0v) is 20.4. The molecule has 1 aromatic carbocycles. The predicted octanol–water partition coefficient (Wildman–Crippen LogP) is 2.39. The van der Waals surface area contributed by atoms with Crippen molar-refractivity contribution < 1.29 is 14.3 Å². The average molecular weight is 569 g/mol. The molecule has 1 amide bonds. The van der Waals surface area contributed by atoms with E-state index in [1.54, 1.807) is 19.0 Å². The van der Waals surface area contributed by atoms with Gasteiger partial charge in [-0.3, -0.25) is 4.79 Å². The number of halogens is 2. The third-order valence-corrected chi connectivity index (χ3v) is 4.62. The van der Waals surface area contributed by atoms with Gasteiger partial charge in [-0.1, -0.05) is 28.1 Å². The molecule has 1 unspecified atom stereocenters. The summed E-state index contributed by atoms with van der Waals surface area (Å²) < 4.78 is 12.1. The van der Waals surface area contributed by atoms with Crippen LogP contribution in [0.2, 0.25) is 0 Å². The molecule has 0 aliphatic carbocycles. The number of carbonyl (C=O) groups is 1. The number of ether oxygens (including phenoxy) is 2. The van der Waals surface area contributed by atoms with E-state index >= 15 is 0 Å². The average Bonchev–Trinajstić information content (AvgIpc) is 3.17. The van der Waals surface area contributed by atoms with Crippen LogP contribution in [-0.4, -0.2) is 69.9 Å². The van der Waals surface area contributed by atoms with E-state index in [4.69, 9.17) is 9.47 Å². The van der Waals surface area contributed by atoms with Crippen LogP contribution in [0.1, 0.15) is 18.4 Å². The van der Waals surface area contributed by atoms with Gasteiger partial charge in [-0.05, 0) is 30.5 Å². The van der Waals surface area contributed by atoms with E-state index < -0.39 is 0 Å². The molecule has 1 aliphatic rings. The van der Waals surface area contributed by atoms with Crippen LogP contribution in [0.4, 0.5) is 0 Å². The largest absolute Gasteiger partial charge is 0.379 e. The first kappa shape index (κ1) is 25.1. The number of nitrogens with one attached hydrogen (secondary N) is 2. The second-order valence-corrected chi connectivity index (χ2v) is 7.49. The van der Waals surface area contributed by atoms with Crippen LogP contribution < -0.4 is 10.6 Å². The lowest BCUT2D eigenvalue weighted by molar-refractivity contribution is -0.127. The number of aliphatic imine (C=N–C) groups is 1. The highest BCUT2D eigenvalue weighted by Crippen LogP contribution is 2.11. The van der Waals surface area contributed by atoms with Gasteiger partial charge in [0.15, 0.2) is 5.96 Å². The van der Waals surface area contributed by atoms with Crippen LogP contribution in [0.25, 0.3) is 0 Å². The normalized spacial score (nSPS) is 16.4. The summed E-state index contributed by atoms with van der Waals surface area (Å²) in [5, 5.41) is 6.36. The third-order valence-electron chi connectivity index (χ3n) is 4.09. The van der Waals surface area contributed by atoms with Gasteiger partial charge in [0.05, 0.1) is 25.8 Å². The summed E-state index contributed by atoms with van der Waals surface area (Å²) >= 11 is 3.43. The Balaban J connectivity index is 0.00000392. The van der Waals surface area contributed by atoms with Crippen LogP contribution in [0.15, 0.2) is 33.7 Å². The number of guanidine groups is 1. The minimum atomic E-state index is -0.00212. The van der Waals surface area contributed by atoms with E-state index in [2.05, 4.69) is 31.6 Å². The first-order chi connectivity index (χ1) is 13.0. The van der Waals surface area contributed by atoms with E-state index in [-0.39, 0.29) is 42.5 Å². The van der Waals surface area contributed by atoms with Gasteiger partial charge in [0, 0.05) is 38.3 Å². The van der Waals surface area contributed by atoms with Gasteiger partial charge in [0.25, 0.3) is 0 Å². The van der Waals surface area contributed by atoms with Crippen molar-refractivity contribution >= 4 is 51.8 Å². The molecule has 0 radical (unpaired) electrons. The zero-order chi connectivity index (χ0) is 19.5. The lowest BCUT2D eigenvalue weighted by Gasteiger charge is -2.15. The number of hydrogen-bond donors (Lipinski definition) is 2. The van der Waals surface area contributed by atoms with Crippen molar-refractivity contribution in [3.05, 3.63) is 34.3 Å². The quantitative estimate of drug-likeness (QED) is 0.207. The monoisotopic (exact) mass is 568 g/mol. The van der Waals surface area contributed by atoms with Crippen LogP contribution in [0, 0.1) is 0 Å². The van der Waals surface area contributed by atoms with Crippen LogP contribution in [0.5, 0.6) is 0 Å². The number of amides is 1. The van der Waals surface area contributed by atoms with Gasteiger partial charge in [0.1, 0.15) is 0 Å². The van der Waals surface area contributed by atoms with Crippen molar-refractivity contribution in [2.45, 2.75) is 25.5 Å². The highest BCUT2D eigenvalue weighted by Gasteiger charge is 2.15. The second-order valence-electron chi connectivity index (χ2n) is 6.57. The molecule has 0 saturated carbocycles. The maximum atomic E-state index is 11.8. The minimum Gasteiger partial charge on any atom is -0.379 e. The lowest BCUT2D eigenvalue weighted by atomic mass is 10.2. The fourth-order valence-corrected chi connectivity index (χ4v) is 2.69. The molecule has 2 N–H and O–H groups in total. The first-order valence-corrected chi connectivity index (χ1v) is 10.00. The van der Waals surface area contributed by atoms with E-state index in [0.717, 1.165) is 36.0 Å². The molecule has 1 heterocycles. The van der Waals surface area contributed by atoms with E-state index in [9.17, 15) is 4.79 Å². The molecule has 158 valence electrons. The van der Waals surface area contributed by atoms with Gasteiger partial charge in [-0.2, -0.15) is 0 Å². The number of rotatable bonds is 9. The summed E-state index contributed by atoms with van der Waals surface area (Å²) in [4.78, 5) is 18.0. The van der Waals surface area contributed by atoms with Gasteiger partial charge in [0.2, 0.25) is 5.91 Å². The summed E-state index contributed by atoms with van der Waals surface area (Å²) in [6, 6.07) is 8.03. The SMILES string of the molecule is CN(C)C(=O)CNC(=NCc1ccc(Br)cc1)NCCCOC1CCOC1.I. The number of hydrogen-bond acceptors (Lipinski definition) is 4. The molecule has 0 spiro atoms. The second kappa shape index (κ2) is 14.1. The van der Waals surface area contributed by atoms with E-state index in [1.807, 2.05) is 24.3 Å². The fourth-order valence-electron chi connectivity index (χ4n) is 2.43. The molecule has 0 aromatic heterocycles. The molecule has 1 aliphatic heterocycles. The lowest BCUT2D eigenvalue weighted by Crippen LogP contribution is -2.43. The Kier molecular flexibility index (Phi) is 12.7. The maximum absolute atomic E-state index is 11.8. The molecular weight excluding hydrogens is 539 g/mol. The highest BCUT2D eigenvalue weighted by atomic mass is 127. The molecule has 0 bridgehead atoms. The smallest absolute Gasteiger partial charge is 0.241 e. The van der Waals surface area contributed by atoms with Crippen molar-refractivity contribution in [3.63, 3.8) is 0 Å². The van der Waals surface area contributed by atoms with Crippen molar-refractivity contribution in [1.82, 2.24) is 15.5 Å². The Morgan fingerprint density at radius 1 is 1.32 bits per heavy atom. The maximum Gasteiger partial charge on any atom is 0.241 e. The molecule has 1 fully saturated rings. The Morgan fingerprint density at radius 2 is 2.07 bits per heavy atom. The highest BCUT2D eigenvalue weighted by molar-refractivity contribution is 14.0. The molecule has 1 saturated heterocycles. The van der Waals surface area contributed by atoms with Crippen LogP contribution >= 0.6 is 39.9 Å². The van der Waals surface area contributed by atoms with Crippen molar-refractivity contribution in [2.24, 2.45) is 4.99 Å². The summed E-state index contributed by atoms with van der Waals surface area (Å²) in [5.41, 5.74) is 1.10. The Morgan fingerprint density at radius 3 is 2.71 bits per heavy atom. The summed E-state index contributed by atoms with van der Waals surface area (Å²) in [6.45, 7) is 3.62. The number of carbonyl (C=O) groups excluding carboxylic acids is 1. The molecule has 1 atom stereocenters. The Bertz CT molecular complexity index is 608. The Labute approximate surface area is 192 Å². The summed E-state index contributed by atoms with van der Waals surface area (Å²) in [6.07, 6.45) is 2.06. The first-order valence-electron chi connectivity index (χ1n) is 9.20. The Hall–Kier alpha value is -0.910. The topological polar surface area (TPSA) is 75.2 Å². The molecular formula is C19H30BrIN4O3. The minimum absolute atomic E-state index is 0. The van der Waals surface area contributed by atoms with Crippen molar-refractivity contribution in [3.8, 4) is 0 Å². The zero-order valence-electron chi connectivity index (χ0n) is 16.4. The van der Waals surface area contributed by atoms with Gasteiger partial charge >= 0.3 is 0 Å². The van der Waals surface area contributed by atoms with Crippen molar-refractivity contribution in [2.75, 3.05) is 47.0 Å². The summed E-state index contributed by atoms with van der Waals surface area (Å²) in [7, 11) is 3.47. The predicted molar refractivity (Wildman–Crippen MR) is 125 cm³/mol. The van der Waals surface area contributed by atoms with Crippen LogP contribution in [-0.2, 0) is 20.8 Å². The van der Waals surface area contributed by atoms with Gasteiger partial charge in [-0.25, -0.2) is 4.99 Å². The third kappa shape index (κ3) is 10.0. The number of nitrogens with zero attached hydrogens (tertiary/aromatic N) is 2. The van der Waals surface area contributed by atoms with Crippen LogP contribution in [0.3, 0.4) is 0 Å². The van der Waals surface area contributed by atoms with Gasteiger partial charge < -0.3 is 25.0 Å². The molecule has 1 aromatic rings. The standard InChI is InChI=1S/C19H29BrN4O3.HI/c1-24(2)18(25)13-23-19(22-12-15-4-6-16(20)7-5-15)21-9-3-10-27-17-8-11-26-14-17;/h4-7,17H,3,8-14H2,1-2H3,(H2,21,22,23);1H. The summed E-state index contributed by atoms with van der Waals surface area (Å²) in [5.74, 6) is 0.620. The molecule has 7 nitrogen and oxygen atoms in total.